The average molecular weight is 448 g/mol. The second-order valence-corrected chi connectivity index (χ2v) is 10.1. The molecule has 1 aliphatic heterocycles. The highest BCUT2D eigenvalue weighted by Gasteiger charge is 2.47. The molecule has 7 nitrogen and oxygen atoms in total. The molecular weight excluding hydrogens is 426 g/mol. The second-order valence-electron chi connectivity index (χ2n) is 8.38. The summed E-state index contributed by atoms with van der Waals surface area (Å²) in [6.07, 6.45) is 1.95. The van der Waals surface area contributed by atoms with Crippen molar-refractivity contribution in [2.75, 3.05) is 13.1 Å². The molecule has 0 radical (unpaired) electrons. The van der Waals surface area contributed by atoms with E-state index in [0.29, 0.717) is 18.5 Å². The van der Waals surface area contributed by atoms with E-state index in [2.05, 4.69) is 20.8 Å². The summed E-state index contributed by atoms with van der Waals surface area (Å²) in [5, 5.41) is 1.03. The fourth-order valence-corrected chi connectivity index (χ4v) is 5.81. The van der Waals surface area contributed by atoms with Gasteiger partial charge in [-0.15, -0.1) is 0 Å². The van der Waals surface area contributed by atoms with Crippen LogP contribution in [0.15, 0.2) is 35.4 Å². The quantitative estimate of drug-likeness (QED) is 0.572. The number of halogens is 2. The van der Waals surface area contributed by atoms with Gasteiger partial charge in [-0.2, -0.15) is 0 Å². The minimum atomic E-state index is -3.90. The number of para-hydroxylation sites is 1. The predicted molar refractivity (Wildman–Crippen MR) is 111 cm³/mol. The van der Waals surface area contributed by atoms with Crippen LogP contribution in [0, 0.1) is 6.92 Å². The number of likely N-dealkylation sites (tertiary alicyclic amines) is 1. The van der Waals surface area contributed by atoms with Crippen molar-refractivity contribution < 1.29 is 22.0 Å². The van der Waals surface area contributed by atoms with Gasteiger partial charge in [0.25, 0.3) is 21.9 Å². The Morgan fingerprint density at radius 3 is 2.71 bits per heavy atom. The monoisotopic (exact) mass is 448 g/mol. The van der Waals surface area contributed by atoms with E-state index in [1.165, 1.54) is 17.0 Å². The van der Waals surface area contributed by atoms with E-state index in [9.17, 15) is 22.0 Å². The number of carbonyl (C=O) groups is 1. The molecule has 3 aromatic rings. The molecule has 0 unspecified atom stereocenters. The first kappa shape index (κ1) is 20.2. The minimum absolute atomic E-state index is 0.0948. The van der Waals surface area contributed by atoms with Crippen LogP contribution < -0.4 is 4.72 Å². The summed E-state index contributed by atoms with van der Waals surface area (Å²) in [6.45, 7) is 0.263. The van der Waals surface area contributed by atoms with Gasteiger partial charge in [0.1, 0.15) is 5.03 Å². The highest BCUT2D eigenvalue weighted by atomic mass is 32.2. The van der Waals surface area contributed by atoms with Gasteiger partial charge in [0.05, 0.1) is 18.7 Å². The van der Waals surface area contributed by atoms with Gasteiger partial charge in [-0.05, 0) is 37.5 Å². The highest BCUT2D eigenvalue weighted by molar-refractivity contribution is 7.89. The molecule has 5 rings (SSSR count). The van der Waals surface area contributed by atoms with Gasteiger partial charge in [0.2, 0.25) is 0 Å². The topological polar surface area (TPSA) is 98.1 Å². The van der Waals surface area contributed by atoms with Crippen LogP contribution in [0.25, 0.3) is 10.9 Å². The number of aryl methyl sites for hydroxylation is 2. The van der Waals surface area contributed by atoms with Crippen LogP contribution in [0.2, 0.25) is 0 Å². The lowest BCUT2D eigenvalue weighted by atomic mass is 9.92. The minimum Gasteiger partial charge on any atom is -0.358 e. The second kappa shape index (κ2) is 6.89. The number of aromatic nitrogens is 2. The standard InChI is InChI=1S/C21H22F2N4O3S/c1-12-16(20(28)27-10-21(22,23)11-27)9-19(24-12)31(29,30)26-13-6-7-15-14-4-2-3-5-17(14)25-18(15)8-13/h2-5,9,13,24-26H,6-8,10-11H2,1H3/t13-/m1/s1. The van der Waals surface area contributed by atoms with Crippen molar-refractivity contribution in [3.05, 3.63) is 52.8 Å². The number of aromatic amines is 2. The van der Waals surface area contributed by atoms with Gasteiger partial charge in [0, 0.05) is 34.8 Å². The lowest BCUT2D eigenvalue weighted by Gasteiger charge is -2.38. The Labute approximate surface area is 177 Å². The molecule has 1 amide bonds. The van der Waals surface area contributed by atoms with Crippen molar-refractivity contribution in [2.24, 2.45) is 0 Å². The Balaban J connectivity index is 1.33. The fraction of sp³-hybridized carbons (Fsp3) is 0.381. The van der Waals surface area contributed by atoms with E-state index in [1.807, 2.05) is 18.2 Å². The van der Waals surface area contributed by atoms with Crippen LogP contribution >= 0.6 is 0 Å². The number of rotatable bonds is 4. The molecule has 31 heavy (non-hydrogen) atoms. The number of fused-ring (bicyclic) bond motifs is 3. The molecule has 3 N–H and O–H groups in total. The molecule has 2 aromatic heterocycles. The third kappa shape index (κ3) is 3.53. The van der Waals surface area contributed by atoms with Gasteiger partial charge in [-0.1, -0.05) is 18.2 Å². The van der Waals surface area contributed by atoms with Crippen LogP contribution in [0.1, 0.15) is 33.7 Å². The van der Waals surface area contributed by atoms with Crippen LogP contribution in [0.3, 0.4) is 0 Å². The number of benzene rings is 1. The van der Waals surface area contributed by atoms with E-state index in [4.69, 9.17) is 0 Å². The fourth-order valence-electron chi connectivity index (χ4n) is 4.49. The number of nitrogens with zero attached hydrogens (tertiary/aromatic N) is 1. The van der Waals surface area contributed by atoms with Gasteiger partial charge >= 0.3 is 0 Å². The first-order valence-electron chi connectivity index (χ1n) is 10.1. The summed E-state index contributed by atoms with van der Waals surface area (Å²) in [7, 11) is -3.90. The molecule has 164 valence electrons. The Hall–Kier alpha value is -2.72. The first-order valence-corrected chi connectivity index (χ1v) is 11.6. The Bertz CT molecular complexity index is 1290. The van der Waals surface area contributed by atoms with Gasteiger partial charge in [-0.3, -0.25) is 4.79 Å². The zero-order chi connectivity index (χ0) is 22.0. The van der Waals surface area contributed by atoms with Crippen LogP contribution in [-0.2, 0) is 22.9 Å². The third-order valence-corrected chi connectivity index (χ3v) is 7.50. The van der Waals surface area contributed by atoms with E-state index in [1.54, 1.807) is 6.92 Å². The number of amides is 1. The zero-order valence-corrected chi connectivity index (χ0v) is 17.7. The molecule has 3 heterocycles. The lowest BCUT2D eigenvalue weighted by molar-refractivity contribution is -0.113. The molecular formula is C21H22F2N4O3S. The number of hydrogen-bond acceptors (Lipinski definition) is 3. The normalized spacial score (nSPS) is 20.5. The Kier molecular flexibility index (Phi) is 4.49. The first-order chi connectivity index (χ1) is 14.6. The van der Waals surface area contributed by atoms with Crippen molar-refractivity contribution in [3.63, 3.8) is 0 Å². The summed E-state index contributed by atoms with van der Waals surface area (Å²) in [5.41, 5.74) is 3.72. The molecule has 0 bridgehead atoms. The van der Waals surface area contributed by atoms with Crippen LogP contribution in [-0.4, -0.2) is 54.2 Å². The van der Waals surface area contributed by atoms with E-state index >= 15 is 0 Å². The van der Waals surface area contributed by atoms with Crippen molar-refractivity contribution in [1.82, 2.24) is 19.6 Å². The van der Waals surface area contributed by atoms with E-state index < -0.39 is 34.9 Å². The maximum atomic E-state index is 13.1. The number of H-pyrrole nitrogens is 2. The lowest BCUT2D eigenvalue weighted by Crippen LogP contribution is -2.58. The molecule has 1 fully saturated rings. The summed E-state index contributed by atoms with van der Waals surface area (Å²) in [5.74, 6) is -3.47. The summed E-state index contributed by atoms with van der Waals surface area (Å²) < 4.78 is 54.8. The molecule has 1 saturated heterocycles. The number of alkyl halides is 2. The molecule has 1 aromatic carbocycles. The summed E-state index contributed by atoms with van der Waals surface area (Å²) in [4.78, 5) is 19.6. The molecule has 1 aliphatic carbocycles. The SMILES string of the molecule is Cc1[nH]c(S(=O)(=O)N[C@@H]2CCc3c([nH]c4ccccc34)C2)cc1C(=O)N1CC(F)(F)C1. The van der Waals surface area contributed by atoms with Crippen molar-refractivity contribution >= 4 is 26.8 Å². The number of carbonyl (C=O) groups excluding carboxylic acids is 1. The maximum absolute atomic E-state index is 13.1. The summed E-state index contributed by atoms with van der Waals surface area (Å²) in [6, 6.07) is 8.94. The molecule has 10 heteroatoms. The molecule has 1 atom stereocenters. The van der Waals surface area contributed by atoms with Gasteiger partial charge in [0.15, 0.2) is 0 Å². The Morgan fingerprint density at radius 2 is 1.97 bits per heavy atom. The smallest absolute Gasteiger partial charge is 0.282 e. The molecule has 0 spiro atoms. The number of hydrogen-bond donors (Lipinski definition) is 3. The van der Waals surface area contributed by atoms with Crippen LogP contribution in [0.5, 0.6) is 0 Å². The van der Waals surface area contributed by atoms with Crippen molar-refractivity contribution in [2.45, 2.75) is 43.2 Å². The Morgan fingerprint density at radius 1 is 1.23 bits per heavy atom. The largest absolute Gasteiger partial charge is 0.358 e. The summed E-state index contributed by atoms with van der Waals surface area (Å²) >= 11 is 0. The van der Waals surface area contributed by atoms with E-state index in [0.717, 1.165) is 22.5 Å². The van der Waals surface area contributed by atoms with Crippen molar-refractivity contribution in [1.29, 1.82) is 0 Å². The number of nitrogens with one attached hydrogen (secondary N) is 3. The predicted octanol–water partition coefficient (Wildman–Crippen LogP) is 2.73. The van der Waals surface area contributed by atoms with Crippen LogP contribution in [0.4, 0.5) is 8.78 Å². The average Bonchev–Trinajstić information content (AvgIpc) is 3.25. The molecule has 2 aliphatic rings. The van der Waals surface area contributed by atoms with Gasteiger partial charge in [-0.25, -0.2) is 21.9 Å². The van der Waals surface area contributed by atoms with Crippen molar-refractivity contribution in [3.8, 4) is 0 Å². The zero-order valence-electron chi connectivity index (χ0n) is 16.8. The van der Waals surface area contributed by atoms with E-state index in [-0.39, 0.29) is 16.6 Å². The van der Waals surface area contributed by atoms with Gasteiger partial charge < -0.3 is 14.9 Å². The number of sulfonamides is 1. The maximum Gasteiger partial charge on any atom is 0.282 e. The molecule has 0 saturated carbocycles. The third-order valence-electron chi connectivity index (χ3n) is 6.06. The highest BCUT2D eigenvalue weighted by Crippen LogP contribution is 2.31.